The van der Waals surface area contributed by atoms with Crippen LogP contribution >= 0.6 is 11.6 Å². The van der Waals surface area contributed by atoms with Crippen molar-refractivity contribution < 1.29 is 4.74 Å². The summed E-state index contributed by atoms with van der Waals surface area (Å²) in [6.07, 6.45) is 4.82. The van der Waals surface area contributed by atoms with Gasteiger partial charge < -0.3 is 4.74 Å². The first-order chi connectivity index (χ1) is 9.63. The van der Waals surface area contributed by atoms with Gasteiger partial charge in [-0.3, -0.25) is 0 Å². The molecule has 0 saturated carbocycles. The molecule has 104 valence electrons. The average molecular weight is 289 g/mol. The van der Waals surface area contributed by atoms with Gasteiger partial charge in [-0.25, -0.2) is 9.97 Å². The van der Waals surface area contributed by atoms with Gasteiger partial charge in [-0.15, -0.1) is 0 Å². The molecular weight excluding hydrogens is 272 g/mol. The smallest absolute Gasteiger partial charge is 0.257 e. The Morgan fingerprint density at radius 3 is 2.50 bits per heavy atom. The zero-order chi connectivity index (χ0) is 14.1. The molecule has 3 nitrogen and oxygen atoms in total. The predicted molar refractivity (Wildman–Crippen MR) is 79.7 cm³/mol. The first kappa shape index (κ1) is 13.4. The summed E-state index contributed by atoms with van der Waals surface area (Å²) in [5.41, 5.74) is 4.47. The third-order valence-corrected chi connectivity index (χ3v) is 4.02. The minimum absolute atomic E-state index is 0.311. The van der Waals surface area contributed by atoms with Gasteiger partial charge in [-0.1, -0.05) is 17.7 Å². The van der Waals surface area contributed by atoms with Crippen LogP contribution in [0.15, 0.2) is 18.2 Å². The first-order valence-corrected chi connectivity index (χ1v) is 7.31. The second kappa shape index (κ2) is 5.41. The lowest BCUT2D eigenvalue weighted by Crippen LogP contribution is -2.03. The normalized spacial score (nSPS) is 13.9. The standard InChI is InChI=1S/C16H17ClN2O/c1-10-11(2)19-16(15(17)18-10)20-14-8-7-12-5-3-4-6-13(12)9-14/h7-9H,3-6H2,1-2H3. The van der Waals surface area contributed by atoms with Crippen LogP contribution in [0.5, 0.6) is 11.6 Å². The van der Waals surface area contributed by atoms with E-state index in [1.165, 1.54) is 30.4 Å². The molecule has 0 spiro atoms. The van der Waals surface area contributed by atoms with Gasteiger partial charge in [-0.05, 0) is 62.8 Å². The van der Waals surface area contributed by atoms with Crippen LogP contribution in [0.25, 0.3) is 0 Å². The van der Waals surface area contributed by atoms with E-state index in [9.17, 15) is 0 Å². The van der Waals surface area contributed by atoms with Crippen LogP contribution in [0.4, 0.5) is 0 Å². The molecule has 0 unspecified atom stereocenters. The number of hydrogen-bond acceptors (Lipinski definition) is 3. The molecule has 2 aromatic rings. The number of benzene rings is 1. The fourth-order valence-electron chi connectivity index (χ4n) is 2.51. The van der Waals surface area contributed by atoms with Crippen molar-refractivity contribution in [3.05, 3.63) is 45.9 Å². The summed E-state index contributed by atoms with van der Waals surface area (Å²) in [4.78, 5) is 8.60. The summed E-state index contributed by atoms with van der Waals surface area (Å²) in [6, 6.07) is 6.23. The van der Waals surface area contributed by atoms with Gasteiger partial charge in [0, 0.05) is 0 Å². The van der Waals surface area contributed by atoms with Crippen molar-refractivity contribution in [2.75, 3.05) is 0 Å². The Hall–Kier alpha value is -1.61. The Bertz CT molecular complexity index is 655. The van der Waals surface area contributed by atoms with E-state index < -0.39 is 0 Å². The molecule has 0 N–H and O–H groups in total. The summed E-state index contributed by atoms with van der Waals surface area (Å²) < 4.78 is 5.81. The Morgan fingerprint density at radius 2 is 1.70 bits per heavy atom. The van der Waals surface area contributed by atoms with E-state index in [4.69, 9.17) is 16.3 Å². The number of hydrogen-bond donors (Lipinski definition) is 0. The third-order valence-electron chi connectivity index (χ3n) is 3.77. The van der Waals surface area contributed by atoms with Crippen LogP contribution in [0.3, 0.4) is 0 Å². The molecule has 0 saturated heterocycles. The van der Waals surface area contributed by atoms with Gasteiger partial charge in [0.05, 0.1) is 11.4 Å². The number of aryl methyl sites for hydroxylation is 4. The molecule has 1 aromatic heterocycles. The largest absolute Gasteiger partial charge is 0.436 e. The third kappa shape index (κ3) is 2.63. The topological polar surface area (TPSA) is 35.0 Å². The van der Waals surface area contributed by atoms with E-state index in [0.717, 1.165) is 23.6 Å². The van der Waals surface area contributed by atoms with Gasteiger partial charge in [0.1, 0.15) is 5.75 Å². The monoisotopic (exact) mass is 288 g/mol. The maximum absolute atomic E-state index is 6.10. The summed E-state index contributed by atoms with van der Waals surface area (Å²) >= 11 is 6.10. The minimum atomic E-state index is 0.311. The van der Waals surface area contributed by atoms with E-state index in [-0.39, 0.29) is 0 Å². The fraction of sp³-hybridized carbons (Fsp3) is 0.375. The molecule has 1 aliphatic carbocycles. The van der Waals surface area contributed by atoms with Crippen molar-refractivity contribution in [3.63, 3.8) is 0 Å². The molecule has 0 amide bonds. The lowest BCUT2D eigenvalue weighted by Gasteiger charge is -2.16. The molecule has 1 aliphatic rings. The number of nitrogens with zero attached hydrogens (tertiary/aromatic N) is 2. The molecule has 1 aromatic carbocycles. The predicted octanol–water partition coefficient (Wildman–Crippen LogP) is 4.42. The van der Waals surface area contributed by atoms with Crippen molar-refractivity contribution in [3.8, 4) is 11.6 Å². The van der Waals surface area contributed by atoms with Gasteiger partial charge in [0.15, 0.2) is 5.15 Å². The average Bonchev–Trinajstić information content (AvgIpc) is 2.44. The van der Waals surface area contributed by atoms with Gasteiger partial charge in [0.25, 0.3) is 5.88 Å². The number of aromatic nitrogens is 2. The molecule has 4 heteroatoms. The van der Waals surface area contributed by atoms with E-state index in [2.05, 4.69) is 22.1 Å². The summed E-state index contributed by atoms with van der Waals surface area (Å²) in [6.45, 7) is 3.79. The second-order valence-corrected chi connectivity index (χ2v) is 5.59. The summed E-state index contributed by atoms with van der Waals surface area (Å²) in [5.74, 6) is 1.16. The summed E-state index contributed by atoms with van der Waals surface area (Å²) in [5, 5.41) is 0.311. The van der Waals surface area contributed by atoms with Crippen LogP contribution < -0.4 is 4.74 Å². The van der Waals surface area contributed by atoms with Gasteiger partial charge >= 0.3 is 0 Å². The highest BCUT2D eigenvalue weighted by atomic mass is 35.5. The quantitative estimate of drug-likeness (QED) is 0.820. The highest BCUT2D eigenvalue weighted by Crippen LogP contribution is 2.30. The SMILES string of the molecule is Cc1nc(Cl)c(Oc2ccc3c(c2)CCCC3)nc1C. The van der Waals surface area contributed by atoms with Crippen molar-refractivity contribution in [2.24, 2.45) is 0 Å². The van der Waals surface area contributed by atoms with Crippen LogP contribution in [-0.4, -0.2) is 9.97 Å². The lowest BCUT2D eigenvalue weighted by molar-refractivity contribution is 0.457. The molecule has 0 radical (unpaired) electrons. The van der Waals surface area contributed by atoms with E-state index in [1.54, 1.807) is 0 Å². The lowest BCUT2D eigenvalue weighted by atomic mass is 9.92. The Morgan fingerprint density at radius 1 is 1.00 bits per heavy atom. The van der Waals surface area contributed by atoms with Crippen molar-refractivity contribution in [1.82, 2.24) is 9.97 Å². The Balaban J connectivity index is 1.89. The maximum Gasteiger partial charge on any atom is 0.257 e. The van der Waals surface area contributed by atoms with Crippen LogP contribution in [0.2, 0.25) is 5.15 Å². The maximum atomic E-state index is 6.10. The van der Waals surface area contributed by atoms with Crippen molar-refractivity contribution >= 4 is 11.6 Å². The number of rotatable bonds is 2. The van der Waals surface area contributed by atoms with E-state index in [1.807, 2.05) is 19.9 Å². The minimum Gasteiger partial charge on any atom is -0.436 e. The molecular formula is C16H17ClN2O. The first-order valence-electron chi connectivity index (χ1n) is 6.94. The molecule has 0 aliphatic heterocycles. The van der Waals surface area contributed by atoms with Gasteiger partial charge in [-0.2, -0.15) is 0 Å². The molecule has 0 fully saturated rings. The van der Waals surface area contributed by atoms with Crippen molar-refractivity contribution in [1.29, 1.82) is 0 Å². The molecule has 1 heterocycles. The number of halogens is 1. The van der Waals surface area contributed by atoms with Crippen LogP contribution in [0.1, 0.15) is 35.4 Å². The highest BCUT2D eigenvalue weighted by Gasteiger charge is 2.13. The van der Waals surface area contributed by atoms with E-state index in [0.29, 0.717) is 11.0 Å². The fourth-order valence-corrected chi connectivity index (χ4v) is 2.71. The molecule has 0 bridgehead atoms. The number of ether oxygens (including phenoxy) is 1. The molecule has 0 atom stereocenters. The number of fused-ring (bicyclic) bond motifs is 1. The highest BCUT2D eigenvalue weighted by molar-refractivity contribution is 6.30. The zero-order valence-corrected chi connectivity index (χ0v) is 12.5. The Kier molecular flexibility index (Phi) is 3.62. The zero-order valence-electron chi connectivity index (χ0n) is 11.7. The van der Waals surface area contributed by atoms with Crippen LogP contribution in [-0.2, 0) is 12.8 Å². The molecule has 20 heavy (non-hydrogen) atoms. The second-order valence-electron chi connectivity index (χ2n) is 5.23. The van der Waals surface area contributed by atoms with Crippen LogP contribution in [0, 0.1) is 13.8 Å². The van der Waals surface area contributed by atoms with Crippen molar-refractivity contribution in [2.45, 2.75) is 39.5 Å². The summed E-state index contributed by atoms with van der Waals surface area (Å²) in [7, 11) is 0. The van der Waals surface area contributed by atoms with E-state index >= 15 is 0 Å². The van der Waals surface area contributed by atoms with Gasteiger partial charge in [0.2, 0.25) is 0 Å². The Labute approximate surface area is 124 Å². The molecule has 3 rings (SSSR count).